The molecule has 1 saturated heterocycles. The van der Waals surface area contributed by atoms with E-state index in [4.69, 9.17) is 4.42 Å². The standard InChI is InChI=1S/C16H21N5O2/c1-11-8-15(18-10-17-11)20(3)13-4-6-21(7-5-13)16(22)14-9-23-12(2)19-14/h8-10,13H,4-7H2,1-3H3. The molecule has 0 spiro atoms. The molecule has 1 aliphatic rings. The van der Waals surface area contributed by atoms with Crippen LogP contribution in [0.15, 0.2) is 23.1 Å². The summed E-state index contributed by atoms with van der Waals surface area (Å²) in [7, 11) is 2.05. The maximum Gasteiger partial charge on any atom is 0.275 e. The van der Waals surface area contributed by atoms with Crippen molar-refractivity contribution >= 4 is 11.7 Å². The van der Waals surface area contributed by atoms with Gasteiger partial charge in [0.2, 0.25) is 0 Å². The number of hydrogen-bond acceptors (Lipinski definition) is 6. The summed E-state index contributed by atoms with van der Waals surface area (Å²) in [4.78, 5) is 29.0. The number of aryl methyl sites for hydroxylation is 2. The number of carbonyl (C=O) groups excluding carboxylic acids is 1. The van der Waals surface area contributed by atoms with Crippen LogP contribution in [0.4, 0.5) is 5.82 Å². The molecule has 1 amide bonds. The molecule has 0 aromatic carbocycles. The van der Waals surface area contributed by atoms with Crippen LogP contribution in [0.3, 0.4) is 0 Å². The van der Waals surface area contributed by atoms with Crippen molar-refractivity contribution in [2.45, 2.75) is 32.7 Å². The molecule has 3 heterocycles. The van der Waals surface area contributed by atoms with Crippen LogP contribution in [0, 0.1) is 13.8 Å². The molecule has 0 saturated carbocycles. The van der Waals surface area contributed by atoms with Crippen LogP contribution in [-0.4, -0.2) is 51.9 Å². The van der Waals surface area contributed by atoms with E-state index in [-0.39, 0.29) is 5.91 Å². The molecule has 7 heteroatoms. The van der Waals surface area contributed by atoms with Gasteiger partial charge >= 0.3 is 0 Å². The molecule has 1 aliphatic heterocycles. The van der Waals surface area contributed by atoms with E-state index in [0.29, 0.717) is 30.7 Å². The summed E-state index contributed by atoms with van der Waals surface area (Å²) in [6.07, 6.45) is 4.83. The monoisotopic (exact) mass is 315 g/mol. The summed E-state index contributed by atoms with van der Waals surface area (Å²) in [6, 6.07) is 2.35. The number of carbonyl (C=O) groups is 1. The Morgan fingerprint density at radius 2 is 2.04 bits per heavy atom. The molecule has 2 aromatic heterocycles. The zero-order chi connectivity index (χ0) is 16.4. The van der Waals surface area contributed by atoms with E-state index in [1.54, 1.807) is 13.3 Å². The van der Waals surface area contributed by atoms with Crippen LogP contribution in [0.2, 0.25) is 0 Å². The van der Waals surface area contributed by atoms with E-state index >= 15 is 0 Å². The minimum Gasteiger partial charge on any atom is -0.448 e. The second-order valence-electron chi connectivity index (χ2n) is 5.90. The topological polar surface area (TPSA) is 75.4 Å². The molecule has 7 nitrogen and oxygen atoms in total. The Balaban J connectivity index is 1.61. The first-order valence-corrected chi connectivity index (χ1v) is 7.77. The lowest BCUT2D eigenvalue weighted by Gasteiger charge is -2.37. The summed E-state index contributed by atoms with van der Waals surface area (Å²) < 4.78 is 5.12. The molecule has 0 atom stereocenters. The predicted molar refractivity (Wildman–Crippen MR) is 85.3 cm³/mol. The number of oxazole rings is 1. The summed E-state index contributed by atoms with van der Waals surface area (Å²) in [5.41, 5.74) is 1.34. The van der Waals surface area contributed by atoms with Gasteiger partial charge in [-0.3, -0.25) is 4.79 Å². The van der Waals surface area contributed by atoms with Crippen molar-refractivity contribution < 1.29 is 9.21 Å². The lowest BCUT2D eigenvalue weighted by Crippen LogP contribution is -2.46. The van der Waals surface area contributed by atoms with Gasteiger partial charge in [-0.1, -0.05) is 0 Å². The van der Waals surface area contributed by atoms with Crippen LogP contribution in [0.25, 0.3) is 0 Å². The summed E-state index contributed by atoms with van der Waals surface area (Å²) in [6.45, 7) is 5.12. The van der Waals surface area contributed by atoms with Gasteiger partial charge in [0, 0.05) is 44.9 Å². The molecule has 0 unspecified atom stereocenters. The third-order valence-corrected chi connectivity index (χ3v) is 4.29. The smallest absolute Gasteiger partial charge is 0.275 e. The Bertz CT molecular complexity index is 691. The maximum atomic E-state index is 12.4. The average Bonchev–Trinajstić information content (AvgIpc) is 3.00. The lowest BCUT2D eigenvalue weighted by atomic mass is 10.0. The minimum absolute atomic E-state index is 0.0548. The minimum atomic E-state index is -0.0548. The van der Waals surface area contributed by atoms with Crippen molar-refractivity contribution in [2.24, 2.45) is 0 Å². The predicted octanol–water partition coefficient (Wildman–Crippen LogP) is 1.82. The van der Waals surface area contributed by atoms with Crippen molar-refractivity contribution in [3.8, 4) is 0 Å². The molecule has 122 valence electrons. The van der Waals surface area contributed by atoms with Crippen LogP contribution < -0.4 is 4.90 Å². The van der Waals surface area contributed by atoms with Gasteiger partial charge in [0.1, 0.15) is 18.4 Å². The third kappa shape index (κ3) is 3.33. The van der Waals surface area contributed by atoms with Crippen molar-refractivity contribution in [3.05, 3.63) is 35.9 Å². The maximum absolute atomic E-state index is 12.4. The number of nitrogens with zero attached hydrogens (tertiary/aromatic N) is 5. The fraction of sp³-hybridized carbons (Fsp3) is 0.500. The van der Waals surface area contributed by atoms with Crippen LogP contribution in [0.1, 0.15) is 34.9 Å². The van der Waals surface area contributed by atoms with E-state index in [9.17, 15) is 4.79 Å². The Kier molecular flexibility index (Phi) is 4.27. The Morgan fingerprint density at radius 1 is 1.30 bits per heavy atom. The van der Waals surface area contributed by atoms with Crippen molar-refractivity contribution in [1.29, 1.82) is 0 Å². The van der Waals surface area contributed by atoms with Crippen LogP contribution in [-0.2, 0) is 0 Å². The number of amides is 1. The second kappa shape index (κ2) is 6.36. The van der Waals surface area contributed by atoms with E-state index in [0.717, 1.165) is 24.4 Å². The highest BCUT2D eigenvalue weighted by Crippen LogP contribution is 2.21. The molecule has 23 heavy (non-hydrogen) atoms. The quantitative estimate of drug-likeness (QED) is 0.860. The largest absolute Gasteiger partial charge is 0.448 e. The van der Waals surface area contributed by atoms with Gasteiger partial charge in [-0.05, 0) is 19.8 Å². The van der Waals surface area contributed by atoms with Crippen molar-refractivity contribution in [2.75, 3.05) is 25.0 Å². The molecule has 3 rings (SSSR count). The van der Waals surface area contributed by atoms with Crippen LogP contribution in [0.5, 0.6) is 0 Å². The van der Waals surface area contributed by atoms with Gasteiger partial charge in [0.15, 0.2) is 11.6 Å². The Labute approximate surface area is 135 Å². The van der Waals surface area contributed by atoms with Gasteiger partial charge in [-0.25, -0.2) is 15.0 Å². The van der Waals surface area contributed by atoms with Gasteiger partial charge in [0.05, 0.1) is 0 Å². The van der Waals surface area contributed by atoms with Gasteiger partial charge in [0.25, 0.3) is 5.91 Å². The highest BCUT2D eigenvalue weighted by atomic mass is 16.3. The van der Waals surface area contributed by atoms with Gasteiger partial charge in [-0.2, -0.15) is 0 Å². The van der Waals surface area contributed by atoms with E-state index in [2.05, 4.69) is 19.9 Å². The lowest BCUT2D eigenvalue weighted by molar-refractivity contribution is 0.0707. The van der Waals surface area contributed by atoms with E-state index in [1.807, 2.05) is 24.9 Å². The van der Waals surface area contributed by atoms with Crippen molar-refractivity contribution in [3.63, 3.8) is 0 Å². The Morgan fingerprint density at radius 3 is 2.65 bits per heavy atom. The summed E-state index contributed by atoms with van der Waals surface area (Å²) >= 11 is 0. The van der Waals surface area contributed by atoms with Gasteiger partial charge in [-0.15, -0.1) is 0 Å². The fourth-order valence-electron chi connectivity index (χ4n) is 2.90. The Hall–Kier alpha value is -2.44. The first kappa shape index (κ1) is 15.5. The third-order valence-electron chi connectivity index (χ3n) is 4.29. The number of anilines is 1. The fourth-order valence-corrected chi connectivity index (χ4v) is 2.90. The summed E-state index contributed by atoms with van der Waals surface area (Å²) in [5, 5.41) is 0. The van der Waals surface area contributed by atoms with E-state index < -0.39 is 0 Å². The zero-order valence-electron chi connectivity index (χ0n) is 13.7. The highest BCUT2D eigenvalue weighted by Gasteiger charge is 2.27. The number of likely N-dealkylation sites (tertiary alicyclic amines) is 1. The molecule has 2 aromatic rings. The van der Waals surface area contributed by atoms with Crippen LogP contribution >= 0.6 is 0 Å². The molecule has 0 aliphatic carbocycles. The molecular formula is C16H21N5O2. The average molecular weight is 315 g/mol. The summed E-state index contributed by atoms with van der Waals surface area (Å²) in [5.74, 6) is 1.39. The first-order chi connectivity index (χ1) is 11.0. The molecule has 0 bridgehead atoms. The second-order valence-corrected chi connectivity index (χ2v) is 5.90. The normalized spacial score (nSPS) is 15.7. The molecule has 1 fully saturated rings. The SMILES string of the molecule is Cc1cc(N(C)C2CCN(C(=O)c3coc(C)n3)CC2)ncn1. The first-order valence-electron chi connectivity index (χ1n) is 7.77. The number of aromatic nitrogens is 3. The number of hydrogen-bond donors (Lipinski definition) is 0. The number of piperidine rings is 1. The zero-order valence-corrected chi connectivity index (χ0v) is 13.7. The molecular weight excluding hydrogens is 294 g/mol. The molecule has 0 N–H and O–H groups in total. The van der Waals surface area contributed by atoms with Gasteiger partial charge < -0.3 is 14.2 Å². The molecule has 0 radical (unpaired) electrons. The highest BCUT2D eigenvalue weighted by molar-refractivity contribution is 5.92. The van der Waals surface area contributed by atoms with E-state index in [1.165, 1.54) is 6.26 Å². The van der Waals surface area contributed by atoms with Crippen molar-refractivity contribution in [1.82, 2.24) is 19.9 Å². The number of rotatable bonds is 3.